The van der Waals surface area contributed by atoms with Crippen molar-refractivity contribution < 1.29 is 13.2 Å². The maximum atomic E-state index is 10.4. The van der Waals surface area contributed by atoms with Gasteiger partial charge in [-0.1, -0.05) is 0 Å². The molecule has 1 rings (SSSR count). The first-order valence-corrected chi connectivity index (χ1v) is 4.60. The quantitative estimate of drug-likeness (QED) is 0.321. The Morgan fingerprint density at radius 2 is 1.75 bits per heavy atom. The largest absolute Gasteiger partial charge is 0.303 e. The molecule has 70 valence electrons. The van der Waals surface area contributed by atoms with Gasteiger partial charge in [0.1, 0.15) is 6.29 Å². The third-order valence-electron chi connectivity index (χ3n) is 2.32. The van der Waals surface area contributed by atoms with Crippen molar-refractivity contribution in [1.29, 1.82) is 0 Å². The lowest BCUT2D eigenvalue weighted by Crippen LogP contribution is -2.35. The Balaban J connectivity index is 2.47. The predicted molar refractivity (Wildman–Crippen MR) is 50.9 cm³/mol. The average Bonchev–Trinajstić information content (AvgIpc) is 2.18. The molecule has 0 aliphatic heterocycles. The van der Waals surface area contributed by atoms with Crippen LogP contribution in [0.1, 0.15) is 25.7 Å². The van der Waals surface area contributed by atoms with E-state index in [1.807, 2.05) is 0 Å². The highest BCUT2D eigenvalue weighted by molar-refractivity contribution is 7.75. The van der Waals surface area contributed by atoms with E-state index in [-0.39, 0.29) is 5.92 Å². The molecule has 3 nitrogen and oxygen atoms in total. The van der Waals surface area contributed by atoms with E-state index < -0.39 is 5.79 Å². The Morgan fingerprint density at radius 3 is 2.08 bits per heavy atom. The van der Waals surface area contributed by atoms with Crippen LogP contribution >= 0.6 is 25.8 Å². The fourth-order valence-electron chi connectivity index (χ4n) is 1.42. The molecular formula is C7H12O3S2. The monoisotopic (exact) mass is 208 g/mol. The summed E-state index contributed by atoms with van der Waals surface area (Å²) in [6, 6.07) is 0. The van der Waals surface area contributed by atoms with Crippen LogP contribution in [0.15, 0.2) is 0 Å². The summed E-state index contributed by atoms with van der Waals surface area (Å²) in [6.45, 7) is 0. The molecule has 0 saturated heterocycles. The van der Waals surface area contributed by atoms with Gasteiger partial charge in [0.25, 0.3) is 0 Å². The zero-order valence-electron chi connectivity index (χ0n) is 6.60. The number of hydrogen-bond acceptors (Lipinski definition) is 5. The first-order valence-electron chi connectivity index (χ1n) is 3.87. The molecule has 1 aliphatic carbocycles. The summed E-state index contributed by atoms with van der Waals surface area (Å²) in [5.41, 5.74) is 0. The second kappa shape index (κ2) is 4.50. The number of rotatable bonds is 3. The first-order chi connectivity index (χ1) is 5.76. The Labute approximate surface area is 83.0 Å². The average molecular weight is 208 g/mol. The van der Waals surface area contributed by atoms with Crippen LogP contribution in [-0.4, -0.2) is 12.1 Å². The molecule has 0 unspecified atom stereocenters. The molecule has 0 aromatic heterocycles. The van der Waals surface area contributed by atoms with Crippen LogP contribution in [-0.2, 0) is 13.2 Å². The van der Waals surface area contributed by atoms with Crippen LogP contribution in [0.3, 0.4) is 0 Å². The summed E-state index contributed by atoms with van der Waals surface area (Å²) < 4.78 is 9.80. The van der Waals surface area contributed by atoms with Gasteiger partial charge < -0.3 is 4.79 Å². The molecule has 0 bridgehead atoms. The van der Waals surface area contributed by atoms with E-state index in [2.05, 4.69) is 25.8 Å². The van der Waals surface area contributed by atoms with E-state index >= 15 is 0 Å². The Morgan fingerprint density at radius 1 is 1.25 bits per heavy atom. The molecule has 0 amide bonds. The molecule has 12 heavy (non-hydrogen) atoms. The maximum absolute atomic E-state index is 10.4. The minimum atomic E-state index is -0.689. The second-order valence-electron chi connectivity index (χ2n) is 3.07. The van der Waals surface area contributed by atoms with Crippen molar-refractivity contribution in [1.82, 2.24) is 0 Å². The third-order valence-corrected chi connectivity index (χ3v) is 2.98. The van der Waals surface area contributed by atoms with E-state index in [1.54, 1.807) is 0 Å². The van der Waals surface area contributed by atoms with Crippen molar-refractivity contribution in [3.05, 3.63) is 0 Å². The number of carbonyl (C=O) groups excluding carboxylic acids is 1. The van der Waals surface area contributed by atoms with Gasteiger partial charge in [0.05, 0.1) is 0 Å². The molecule has 1 fully saturated rings. The third kappa shape index (κ3) is 2.16. The SMILES string of the molecule is O=CC1CCC(OS)(OS)CC1. The minimum Gasteiger partial charge on any atom is -0.303 e. The highest BCUT2D eigenvalue weighted by Gasteiger charge is 2.36. The summed E-state index contributed by atoms with van der Waals surface area (Å²) >= 11 is 7.45. The predicted octanol–water partition coefficient (Wildman–Crippen LogP) is 1.79. The molecule has 0 N–H and O–H groups in total. The van der Waals surface area contributed by atoms with Crippen molar-refractivity contribution in [2.45, 2.75) is 31.5 Å². The molecule has 1 saturated carbocycles. The molecule has 0 aromatic carbocycles. The topological polar surface area (TPSA) is 35.5 Å². The van der Waals surface area contributed by atoms with Crippen molar-refractivity contribution in [3.63, 3.8) is 0 Å². The number of thiol groups is 2. The van der Waals surface area contributed by atoms with Gasteiger partial charge in [-0.2, -0.15) is 0 Å². The molecular weight excluding hydrogens is 196 g/mol. The van der Waals surface area contributed by atoms with Crippen molar-refractivity contribution >= 4 is 32.1 Å². The van der Waals surface area contributed by atoms with E-state index in [0.29, 0.717) is 12.8 Å². The molecule has 1 aliphatic rings. The van der Waals surface area contributed by atoms with Crippen LogP contribution < -0.4 is 0 Å². The van der Waals surface area contributed by atoms with Crippen LogP contribution in [0, 0.1) is 5.92 Å². The zero-order valence-corrected chi connectivity index (χ0v) is 8.39. The maximum Gasteiger partial charge on any atom is 0.193 e. The fourth-order valence-corrected chi connectivity index (χ4v) is 1.91. The van der Waals surface area contributed by atoms with Crippen molar-refractivity contribution in [2.75, 3.05) is 0 Å². The van der Waals surface area contributed by atoms with Crippen LogP contribution in [0.25, 0.3) is 0 Å². The second-order valence-corrected chi connectivity index (χ2v) is 3.43. The molecule has 5 heteroatoms. The van der Waals surface area contributed by atoms with E-state index in [1.165, 1.54) is 0 Å². The van der Waals surface area contributed by atoms with Gasteiger partial charge in [-0.3, -0.25) is 8.37 Å². The summed E-state index contributed by atoms with van der Waals surface area (Å²) in [6.07, 6.45) is 3.89. The lowest BCUT2D eigenvalue weighted by atomic mass is 9.86. The normalized spacial score (nSPS) is 23.8. The van der Waals surface area contributed by atoms with E-state index in [0.717, 1.165) is 19.1 Å². The molecule has 0 radical (unpaired) electrons. The van der Waals surface area contributed by atoms with Gasteiger partial charge in [0.2, 0.25) is 0 Å². The van der Waals surface area contributed by atoms with Gasteiger partial charge >= 0.3 is 0 Å². The number of hydrogen-bond donors (Lipinski definition) is 2. The lowest BCUT2D eigenvalue weighted by molar-refractivity contribution is -0.128. The fraction of sp³-hybridized carbons (Fsp3) is 0.857. The highest BCUT2D eigenvalue weighted by atomic mass is 32.1. The van der Waals surface area contributed by atoms with Gasteiger partial charge in [-0.05, 0) is 38.7 Å². The lowest BCUT2D eigenvalue weighted by Gasteiger charge is -2.34. The standard InChI is InChI=1S/C7H12O3S2/c8-5-6-1-3-7(9-11,10-12)4-2-6/h5-6,11-12H,1-4H2. The van der Waals surface area contributed by atoms with Crippen LogP contribution in [0.5, 0.6) is 0 Å². The van der Waals surface area contributed by atoms with Crippen LogP contribution in [0.4, 0.5) is 0 Å². The van der Waals surface area contributed by atoms with Crippen LogP contribution in [0.2, 0.25) is 0 Å². The van der Waals surface area contributed by atoms with Gasteiger partial charge in [0.15, 0.2) is 5.79 Å². The van der Waals surface area contributed by atoms with E-state index in [9.17, 15) is 4.79 Å². The van der Waals surface area contributed by atoms with Crippen molar-refractivity contribution in [3.8, 4) is 0 Å². The number of carbonyl (C=O) groups is 1. The molecule has 0 heterocycles. The Kier molecular flexibility index (Phi) is 3.89. The van der Waals surface area contributed by atoms with E-state index in [4.69, 9.17) is 8.37 Å². The minimum absolute atomic E-state index is 0.144. The van der Waals surface area contributed by atoms with Gasteiger partial charge in [0, 0.05) is 18.8 Å². The zero-order chi connectivity index (χ0) is 9.03. The first kappa shape index (κ1) is 10.4. The molecule has 0 aromatic rings. The molecule has 0 spiro atoms. The van der Waals surface area contributed by atoms with Gasteiger partial charge in [-0.25, -0.2) is 0 Å². The summed E-state index contributed by atoms with van der Waals surface area (Å²) in [5.74, 6) is -0.545. The summed E-state index contributed by atoms with van der Waals surface area (Å²) in [5, 5.41) is 0. The Bertz CT molecular complexity index is 149. The summed E-state index contributed by atoms with van der Waals surface area (Å²) in [7, 11) is 0. The number of aldehydes is 1. The van der Waals surface area contributed by atoms with Gasteiger partial charge in [-0.15, -0.1) is 0 Å². The van der Waals surface area contributed by atoms with Crippen molar-refractivity contribution in [2.24, 2.45) is 5.92 Å². The Hall–Kier alpha value is 0.290. The smallest absolute Gasteiger partial charge is 0.193 e. The summed E-state index contributed by atoms with van der Waals surface area (Å²) in [4.78, 5) is 10.4. The molecule has 0 atom stereocenters. The highest BCUT2D eigenvalue weighted by Crippen LogP contribution is 2.36.